The number of rotatable bonds is 4. The highest BCUT2D eigenvalue weighted by Crippen LogP contribution is 2.33. The molecule has 0 saturated carbocycles. The minimum Gasteiger partial charge on any atom is -0.454 e. The average Bonchev–Trinajstić information content (AvgIpc) is 3.04. The monoisotopic (exact) mass is 371 g/mol. The molecule has 26 heavy (non-hydrogen) atoms. The number of ether oxygens (including phenoxy) is 2. The van der Waals surface area contributed by atoms with Crippen LogP contribution in [0.25, 0.3) is 11.0 Å². The van der Waals surface area contributed by atoms with Crippen LogP contribution in [0.1, 0.15) is 16.7 Å². The van der Waals surface area contributed by atoms with E-state index in [0.29, 0.717) is 23.7 Å². The highest BCUT2D eigenvalue weighted by atomic mass is 35.5. The van der Waals surface area contributed by atoms with Crippen molar-refractivity contribution in [1.82, 2.24) is 4.90 Å². The molecule has 4 rings (SSSR count). The molecule has 0 atom stereocenters. The minimum absolute atomic E-state index is 0.264. The molecule has 0 aliphatic carbocycles. The smallest absolute Gasteiger partial charge is 0.336 e. The first-order valence-corrected chi connectivity index (χ1v) is 8.67. The van der Waals surface area contributed by atoms with E-state index in [4.69, 9.17) is 25.5 Å². The second-order valence-corrected chi connectivity index (χ2v) is 6.96. The molecule has 6 heteroatoms. The minimum atomic E-state index is -0.356. The summed E-state index contributed by atoms with van der Waals surface area (Å²) in [6.45, 7) is 3.45. The highest BCUT2D eigenvalue weighted by molar-refractivity contribution is 6.32. The SMILES string of the molecule is Cc1cc2oc(=O)cc(CN(C)Cc3ccc4c(c3)OCO4)c2cc1Cl. The number of benzene rings is 2. The molecule has 0 bridgehead atoms. The zero-order valence-electron chi connectivity index (χ0n) is 14.5. The lowest BCUT2D eigenvalue weighted by Crippen LogP contribution is -2.18. The van der Waals surface area contributed by atoms with E-state index in [9.17, 15) is 4.79 Å². The first-order valence-electron chi connectivity index (χ1n) is 8.29. The van der Waals surface area contributed by atoms with Crippen LogP contribution in [0.4, 0.5) is 0 Å². The molecule has 134 valence electrons. The van der Waals surface area contributed by atoms with Gasteiger partial charge in [-0.1, -0.05) is 17.7 Å². The van der Waals surface area contributed by atoms with Gasteiger partial charge in [-0.05, 0) is 54.9 Å². The Morgan fingerprint density at radius 1 is 1.08 bits per heavy atom. The van der Waals surface area contributed by atoms with Crippen molar-refractivity contribution in [1.29, 1.82) is 0 Å². The van der Waals surface area contributed by atoms with E-state index >= 15 is 0 Å². The van der Waals surface area contributed by atoms with Crippen LogP contribution in [0.15, 0.2) is 45.6 Å². The predicted molar refractivity (Wildman–Crippen MR) is 100.0 cm³/mol. The molecule has 1 aliphatic heterocycles. The van der Waals surface area contributed by atoms with E-state index in [2.05, 4.69) is 4.90 Å². The molecule has 5 nitrogen and oxygen atoms in total. The second-order valence-electron chi connectivity index (χ2n) is 6.55. The fourth-order valence-corrected chi connectivity index (χ4v) is 3.34. The van der Waals surface area contributed by atoms with Crippen LogP contribution in [0.2, 0.25) is 5.02 Å². The molecule has 0 spiro atoms. The molecule has 0 unspecified atom stereocenters. The molecule has 0 N–H and O–H groups in total. The van der Waals surface area contributed by atoms with Gasteiger partial charge in [0.15, 0.2) is 11.5 Å². The van der Waals surface area contributed by atoms with Crippen molar-refractivity contribution in [2.75, 3.05) is 13.8 Å². The molecule has 1 aliphatic rings. The summed E-state index contributed by atoms with van der Waals surface area (Å²) < 4.78 is 16.1. The van der Waals surface area contributed by atoms with Crippen LogP contribution in [-0.2, 0) is 13.1 Å². The third kappa shape index (κ3) is 3.28. The molecule has 0 fully saturated rings. The molecule has 0 radical (unpaired) electrons. The van der Waals surface area contributed by atoms with Gasteiger partial charge in [0, 0.05) is 29.6 Å². The molecule has 1 aromatic heterocycles. The van der Waals surface area contributed by atoms with Crippen molar-refractivity contribution in [3.05, 3.63) is 68.5 Å². The van der Waals surface area contributed by atoms with Crippen LogP contribution in [0, 0.1) is 6.92 Å². The van der Waals surface area contributed by atoms with Crippen molar-refractivity contribution < 1.29 is 13.9 Å². The lowest BCUT2D eigenvalue weighted by molar-refractivity contribution is 0.174. The number of hydrogen-bond acceptors (Lipinski definition) is 5. The van der Waals surface area contributed by atoms with E-state index in [1.54, 1.807) is 6.07 Å². The first-order chi connectivity index (χ1) is 12.5. The molecule has 2 aromatic carbocycles. The number of hydrogen-bond donors (Lipinski definition) is 0. The normalized spacial score (nSPS) is 12.9. The van der Waals surface area contributed by atoms with Crippen LogP contribution < -0.4 is 15.1 Å². The van der Waals surface area contributed by atoms with Gasteiger partial charge in [0.1, 0.15) is 5.58 Å². The third-order valence-electron chi connectivity index (χ3n) is 4.44. The fraction of sp³-hybridized carbons (Fsp3) is 0.250. The number of fused-ring (bicyclic) bond motifs is 2. The van der Waals surface area contributed by atoms with Crippen molar-refractivity contribution in [2.45, 2.75) is 20.0 Å². The Bertz CT molecular complexity index is 1040. The van der Waals surface area contributed by atoms with Gasteiger partial charge in [-0.3, -0.25) is 4.90 Å². The number of halogens is 1. The van der Waals surface area contributed by atoms with Gasteiger partial charge in [0.05, 0.1) is 0 Å². The molecule has 0 amide bonds. The van der Waals surface area contributed by atoms with Gasteiger partial charge in [0.25, 0.3) is 0 Å². The Morgan fingerprint density at radius 2 is 1.88 bits per heavy atom. The fourth-order valence-electron chi connectivity index (χ4n) is 3.18. The van der Waals surface area contributed by atoms with Gasteiger partial charge in [0.2, 0.25) is 6.79 Å². The Labute approximate surface area is 155 Å². The Kier molecular flexibility index (Phi) is 4.34. The molecule has 2 heterocycles. The van der Waals surface area contributed by atoms with Gasteiger partial charge >= 0.3 is 5.63 Å². The van der Waals surface area contributed by atoms with E-state index in [1.807, 2.05) is 38.2 Å². The van der Waals surface area contributed by atoms with Gasteiger partial charge in [-0.25, -0.2) is 4.79 Å². The maximum atomic E-state index is 11.9. The van der Waals surface area contributed by atoms with Crippen molar-refractivity contribution in [2.24, 2.45) is 0 Å². The predicted octanol–water partition coefficient (Wildman–Crippen LogP) is 4.12. The topological polar surface area (TPSA) is 51.9 Å². The Hall–Kier alpha value is -2.50. The zero-order chi connectivity index (χ0) is 18.3. The van der Waals surface area contributed by atoms with Gasteiger partial charge in [-0.2, -0.15) is 0 Å². The molecule has 3 aromatic rings. The summed E-state index contributed by atoms with van der Waals surface area (Å²) in [5, 5.41) is 1.52. The van der Waals surface area contributed by atoms with E-state index in [0.717, 1.165) is 33.6 Å². The summed E-state index contributed by atoms with van der Waals surface area (Å²) in [4.78, 5) is 14.0. The third-order valence-corrected chi connectivity index (χ3v) is 4.85. The van der Waals surface area contributed by atoms with Gasteiger partial charge in [-0.15, -0.1) is 0 Å². The summed E-state index contributed by atoms with van der Waals surface area (Å²) in [6, 6.07) is 11.1. The summed E-state index contributed by atoms with van der Waals surface area (Å²) >= 11 is 6.26. The zero-order valence-corrected chi connectivity index (χ0v) is 15.3. The second kappa shape index (κ2) is 6.67. The van der Waals surface area contributed by atoms with E-state index in [-0.39, 0.29) is 12.4 Å². The number of nitrogens with zero attached hydrogens (tertiary/aromatic N) is 1. The van der Waals surface area contributed by atoms with Crippen LogP contribution in [0.5, 0.6) is 11.5 Å². The van der Waals surface area contributed by atoms with Crippen molar-refractivity contribution in [3.63, 3.8) is 0 Å². The quantitative estimate of drug-likeness (QED) is 0.646. The molecular formula is C20H18ClNO4. The van der Waals surface area contributed by atoms with Crippen molar-refractivity contribution in [3.8, 4) is 11.5 Å². The summed E-state index contributed by atoms with van der Waals surface area (Å²) in [7, 11) is 2.00. The lowest BCUT2D eigenvalue weighted by atomic mass is 10.1. The van der Waals surface area contributed by atoms with Crippen LogP contribution in [-0.4, -0.2) is 18.7 Å². The summed E-state index contributed by atoms with van der Waals surface area (Å²) in [5.41, 5.74) is 3.09. The number of aryl methyl sites for hydroxylation is 1. The lowest BCUT2D eigenvalue weighted by Gasteiger charge is -2.18. The van der Waals surface area contributed by atoms with Crippen LogP contribution in [0.3, 0.4) is 0 Å². The largest absolute Gasteiger partial charge is 0.454 e. The summed E-state index contributed by atoms with van der Waals surface area (Å²) in [6.07, 6.45) is 0. The van der Waals surface area contributed by atoms with Gasteiger partial charge < -0.3 is 13.9 Å². The standard InChI is InChI=1S/C20H18ClNO4/c1-12-5-18-15(8-16(12)21)14(7-20(23)26-18)10-22(2)9-13-3-4-17-19(6-13)25-11-24-17/h3-8H,9-11H2,1-2H3. The van der Waals surface area contributed by atoms with E-state index in [1.165, 1.54) is 6.07 Å². The molecule has 0 saturated heterocycles. The van der Waals surface area contributed by atoms with Crippen LogP contribution >= 0.6 is 11.6 Å². The Morgan fingerprint density at radius 3 is 2.73 bits per heavy atom. The maximum Gasteiger partial charge on any atom is 0.336 e. The van der Waals surface area contributed by atoms with Crippen molar-refractivity contribution >= 4 is 22.6 Å². The maximum absolute atomic E-state index is 11.9. The Balaban J connectivity index is 1.60. The molecular weight excluding hydrogens is 354 g/mol. The van der Waals surface area contributed by atoms with E-state index < -0.39 is 0 Å². The first kappa shape index (κ1) is 16.9. The summed E-state index contributed by atoms with van der Waals surface area (Å²) in [5.74, 6) is 1.54. The highest BCUT2D eigenvalue weighted by Gasteiger charge is 2.15. The average molecular weight is 372 g/mol.